The minimum Gasteiger partial charge on any atom is -0.298 e. The Labute approximate surface area is 114 Å². The van der Waals surface area contributed by atoms with E-state index in [0.29, 0.717) is 11.7 Å². The molecule has 3 atom stereocenters. The molecule has 2 aliphatic rings. The molecule has 0 aromatic heterocycles. The van der Waals surface area contributed by atoms with Gasteiger partial charge in [0.05, 0.1) is 0 Å². The Kier molecular flexibility index (Phi) is 2.45. The van der Waals surface area contributed by atoms with Crippen LogP contribution in [0.4, 0.5) is 0 Å². The number of halogens is 1. The van der Waals surface area contributed by atoms with Crippen LogP contribution in [0.2, 0.25) is 5.02 Å². The highest BCUT2D eigenvalue weighted by molar-refractivity contribution is 6.31. The molecule has 2 bridgehead atoms. The molecule has 1 aromatic rings. The van der Waals surface area contributed by atoms with E-state index in [1.807, 2.05) is 24.3 Å². The zero-order valence-electron chi connectivity index (χ0n) is 11.2. The van der Waals surface area contributed by atoms with Gasteiger partial charge in [0.2, 0.25) is 0 Å². The van der Waals surface area contributed by atoms with E-state index in [1.165, 1.54) is 0 Å². The topological polar surface area (TPSA) is 17.1 Å². The average Bonchev–Trinajstić information content (AvgIpc) is 2.62. The largest absolute Gasteiger partial charge is 0.298 e. The van der Waals surface area contributed by atoms with Gasteiger partial charge in [-0.15, -0.1) is 0 Å². The number of rotatable bonds is 1. The Morgan fingerprint density at radius 3 is 2.44 bits per heavy atom. The number of hydrogen-bond donors (Lipinski definition) is 0. The quantitative estimate of drug-likeness (QED) is 0.731. The van der Waals surface area contributed by atoms with E-state index in [1.54, 1.807) is 0 Å². The summed E-state index contributed by atoms with van der Waals surface area (Å²) in [4.78, 5) is 12.8. The Hall–Kier alpha value is -0.820. The summed E-state index contributed by atoms with van der Waals surface area (Å²) in [5.74, 6) is 0.846. The number of fused-ring (bicyclic) bond motifs is 2. The van der Waals surface area contributed by atoms with Crippen LogP contribution in [0.5, 0.6) is 0 Å². The van der Waals surface area contributed by atoms with Crippen molar-refractivity contribution >= 4 is 17.4 Å². The number of carbonyl (C=O) groups is 1. The lowest BCUT2D eigenvalue weighted by Crippen LogP contribution is -2.33. The summed E-state index contributed by atoms with van der Waals surface area (Å²) in [7, 11) is 0. The van der Waals surface area contributed by atoms with Crippen LogP contribution >= 0.6 is 11.6 Å². The van der Waals surface area contributed by atoms with Crippen molar-refractivity contribution in [2.75, 3.05) is 0 Å². The molecule has 18 heavy (non-hydrogen) atoms. The molecule has 3 rings (SSSR count). The first kappa shape index (κ1) is 12.2. The Bertz CT molecular complexity index is 520. The second kappa shape index (κ2) is 3.60. The van der Waals surface area contributed by atoms with Crippen LogP contribution in [0.15, 0.2) is 24.3 Å². The minimum atomic E-state index is -0.165. The van der Waals surface area contributed by atoms with Gasteiger partial charge >= 0.3 is 0 Å². The molecule has 2 saturated carbocycles. The Morgan fingerprint density at radius 1 is 1.22 bits per heavy atom. The van der Waals surface area contributed by atoms with Crippen LogP contribution in [0, 0.1) is 16.7 Å². The fourth-order valence-electron chi connectivity index (χ4n) is 4.17. The highest BCUT2D eigenvalue weighted by Crippen LogP contribution is 2.68. The molecule has 0 N–H and O–H groups in total. The molecule has 2 fully saturated rings. The van der Waals surface area contributed by atoms with Crippen LogP contribution in [0.25, 0.3) is 0 Å². The van der Waals surface area contributed by atoms with Gasteiger partial charge in [-0.2, -0.15) is 0 Å². The third-order valence-electron chi connectivity index (χ3n) is 5.77. The number of ketones is 1. The Balaban J connectivity index is 2.12. The molecule has 0 saturated heterocycles. The molecule has 3 unspecified atom stereocenters. The highest BCUT2D eigenvalue weighted by Gasteiger charge is 2.66. The van der Waals surface area contributed by atoms with Crippen LogP contribution in [-0.4, -0.2) is 5.78 Å². The van der Waals surface area contributed by atoms with Crippen molar-refractivity contribution in [2.24, 2.45) is 16.7 Å². The number of benzene rings is 1. The third-order valence-corrected chi connectivity index (χ3v) is 6.12. The van der Waals surface area contributed by atoms with Gasteiger partial charge in [-0.25, -0.2) is 0 Å². The van der Waals surface area contributed by atoms with Crippen LogP contribution in [-0.2, 0) is 4.79 Å². The molecule has 0 aliphatic heterocycles. The molecule has 2 heteroatoms. The Morgan fingerprint density at radius 2 is 1.89 bits per heavy atom. The van der Waals surface area contributed by atoms with Crippen molar-refractivity contribution in [1.82, 2.24) is 0 Å². The second-order valence-corrected chi connectivity index (χ2v) is 6.97. The fraction of sp³-hybridized carbons (Fsp3) is 0.562. The number of hydrogen-bond acceptors (Lipinski definition) is 1. The van der Waals surface area contributed by atoms with E-state index in [2.05, 4.69) is 20.8 Å². The van der Waals surface area contributed by atoms with E-state index in [9.17, 15) is 4.79 Å². The van der Waals surface area contributed by atoms with Gasteiger partial charge in [-0.1, -0.05) is 50.6 Å². The fourth-order valence-corrected chi connectivity index (χ4v) is 4.42. The van der Waals surface area contributed by atoms with Crippen molar-refractivity contribution in [3.63, 3.8) is 0 Å². The lowest BCUT2D eigenvalue weighted by molar-refractivity contribution is -0.129. The van der Waals surface area contributed by atoms with Gasteiger partial charge in [0.15, 0.2) is 0 Å². The molecule has 1 nitrogen and oxygen atoms in total. The van der Waals surface area contributed by atoms with Crippen molar-refractivity contribution in [1.29, 1.82) is 0 Å². The van der Waals surface area contributed by atoms with Gasteiger partial charge in [-0.05, 0) is 35.8 Å². The smallest absolute Gasteiger partial charge is 0.147 e. The number of carbonyl (C=O) groups excluding carboxylic acids is 1. The maximum atomic E-state index is 12.8. The summed E-state index contributed by atoms with van der Waals surface area (Å²) in [6, 6.07) is 7.82. The molecule has 2 aliphatic carbocycles. The summed E-state index contributed by atoms with van der Waals surface area (Å²) in [5, 5.41) is 0.739. The molecule has 0 amide bonds. The van der Waals surface area contributed by atoms with Crippen molar-refractivity contribution < 1.29 is 4.79 Å². The van der Waals surface area contributed by atoms with Gasteiger partial charge in [0.25, 0.3) is 0 Å². The van der Waals surface area contributed by atoms with E-state index in [0.717, 1.165) is 23.4 Å². The minimum absolute atomic E-state index is 0.00690. The van der Waals surface area contributed by atoms with E-state index >= 15 is 0 Å². The second-order valence-electron chi connectivity index (χ2n) is 6.56. The SMILES string of the molecule is CC12CCC(C(c3ccccc3Cl)C1=O)C2(C)C. The lowest BCUT2D eigenvalue weighted by Gasteiger charge is -2.32. The normalized spacial score (nSPS) is 37.2. The monoisotopic (exact) mass is 262 g/mol. The first-order chi connectivity index (χ1) is 8.39. The van der Waals surface area contributed by atoms with E-state index in [-0.39, 0.29) is 16.7 Å². The maximum Gasteiger partial charge on any atom is 0.147 e. The van der Waals surface area contributed by atoms with Gasteiger partial charge < -0.3 is 0 Å². The molecule has 0 radical (unpaired) electrons. The van der Waals surface area contributed by atoms with E-state index < -0.39 is 0 Å². The summed E-state index contributed by atoms with van der Waals surface area (Å²) in [6.07, 6.45) is 2.18. The predicted octanol–water partition coefficient (Wildman–Crippen LogP) is 4.45. The van der Waals surface area contributed by atoms with Crippen LogP contribution in [0.3, 0.4) is 0 Å². The first-order valence-corrected chi connectivity index (χ1v) is 7.06. The first-order valence-electron chi connectivity index (χ1n) is 6.68. The third kappa shape index (κ3) is 1.26. The lowest BCUT2D eigenvalue weighted by atomic mass is 9.70. The van der Waals surface area contributed by atoms with Crippen LogP contribution < -0.4 is 0 Å². The van der Waals surface area contributed by atoms with Crippen molar-refractivity contribution in [2.45, 2.75) is 39.5 Å². The summed E-state index contributed by atoms with van der Waals surface area (Å²) < 4.78 is 0. The maximum absolute atomic E-state index is 12.8. The zero-order valence-corrected chi connectivity index (χ0v) is 11.9. The van der Waals surface area contributed by atoms with Gasteiger partial charge in [-0.3, -0.25) is 4.79 Å². The molecule has 96 valence electrons. The zero-order chi connectivity index (χ0) is 13.1. The van der Waals surface area contributed by atoms with E-state index in [4.69, 9.17) is 11.6 Å². The van der Waals surface area contributed by atoms with Crippen LogP contribution in [0.1, 0.15) is 45.1 Å². The standard InChI is InChI=1S/C16H19ClO/c1-15(2)11-8-9-16(15,3)14(18)13(11)10-6-4-5-7-12(10)17/h4-7,11,13H,8-9H2,1-3H3. The average molecular weight is 263 g/mol. The highest BCUT2D eigenvalue weighted by atomic mass is 35.5. The van der Waals surface area contributed by atoms with Crippen molar-refractivity contribution in [3.05, 3.63) is 34.9 Å². The van der Waals surface area contributed by atoms with Crippen molar-refractivity contribution in [3.8, 4) is 0 Å². The molecule has 0 spiro atoms. The molecular formula is C16H19ClO. The molecule has 1 aromatic carbocycles. The summed E-state index contributed by atoms with van der Waals surface area (Å²) in [5.41, 5.74) is 0.959. The van der Waals surface area contributed by atoms with Gasteiger partial charge in [0.1, 0.15) is 5.78 Å². The van der Waals surface area contributed by atoms with Gasteiger partial charge in [0, 0.05) is 16.4 Å². The number of Topliss-reactive ketones (excluding diaryl/α,β-unsaturated/α-hetero) is 1. The molecule has 0 heterocycles. The summed E-state index contributed by atoms with van der Waals surface area (Å²) >= 11 is 6.29. The summed E-state index contributed by atoms with van der Waals surface area (Å²) in [6.45, 7) is 6.64. The predicted molar refractivity (Wildman–Crippen MR) is 73.8 cm³/mol. The molecular weight excluding hydrogens is 244 g/mol.